The number of rotatable bonds is 5. The quantitative estimate of drug-likeness (QED) is 0.235. The Morgan fingerprint density at radius 1 is 0.905 bits per heavy atom. The van der Waals surface area contributed by atoms with Crippen LogP contribution in [0.3, 0.4) is 0 Å². The first-order chi connectivity index (χ1) is 20.4. The molecule has 0 radical (unpaired) electrons. The van der Waals surface area contributed by atoms with Gasteiger partial charge in [-0.05, 0) is 72.5 Å². The van der Waals surface area contributed by atoms with Crippen LogP contribution in [0, 0.1) is 6.92 Å². The van der Waals surface area contributed by atoms with E-state index in [1.54, 1.807) is 29.2 Å². The third-order valence-corrected chi connectivity index (χ3v) is 8.45. The molecule has 4 aromatic carbocycles. The van der Waals surface area contributed by atoms with Crippen LogP contribution in [0.4, 0.5) is 16.2 Å². The summed E-state index contributed by atoms with van der Waals surface area (Å²) in [6, 6.07) is 29.1. The van der Waals surface area contributed by atoms with Gasteiger partial charge in [-0.1, -0.05) is 67.1 Å². The highest BCUT2D eigenvalue weighted by Gasteiger charge is 2.53. The molecule has 7 nitrogen and oxygen atoms in total. The first kappa shape index (κ1) is 25.8. The summed E-state index contributed by atoms with van der Waals surface area (Å²) < 4.78 is 0. The Hall–Kier alpha value is -5.17. The number of hydrogen-bond donors (Lipinski definition) is 2. The van der Waals surface area contributed by atoms with E-state index in [1.165, 1.54) is 10.5 Å². The number of benzene rings is 4. The van der Waals surface area contributed by atoms with Crippen LogP contribution >= 0.6 is 0 Å². The third kappa shape index (κ3) is 4.16. The highest BCUT2D eigenvalue weighted by atomic mass is 16.2. The van der Waals surface area contributed by atoms with E-state index < -0.39 is 12.1 Å². The fourth-order valence-electron chi connectivity index (χ4n) is 6.20. The molecule has 3 heterocycles. The van der Waals surface area contributed by atoms with Gasteiger partial charge in [0.1, 0.15) is 12.1 Å². The van der Waals surface area contributed by atoms with Crippen molar-refractivity contribution in [3.8, 4) is 0 Å². The van der Waals surface area contributed by atoms with E-state index in [0.29, 0.717) is 23.4 Å². The number of para-hydroxylation sites is 1. The molecule has 5 aromatic rings. The average molecular weight is 555 g/mol. The topological polar surface area (TPSA) is 85.5 Å². The zero-order valence-electron chi connectivity index (χ0n) is 23.4. The van der Waals surface area contributed by atoms with Gasteiger partial charge in [-0.2, -0.15) is 0 Å². The largest absolute Gasteiger partial charge is 0.356 e. The zero-order valence-corrected chi connectivity index (χ0v) is 23.4. The Morgan fingerprint density at radius 3 is 2.33 bits per heavy atom. The van der Waals surface area contributed by atoms with Gasteiger partial charge in [0.15, 0.2) is 0 Å². The van der Waals surface area contributed by atoms with Crippen molar-refractivity contribution in [1.82, 2.24) is 9.88 Å². The lowest BCUT2D eigenvalue weighted by Crippen LogP contribution is -2.44. The molecule has 2 aliphatic heterocycles. The summed E-state index contributed by atoms with van der Waals surface area (Å²) in [5.74, 6) is -0.520. The molecule has 1 aromatic heterocycles. The van der Waals surface area contributed by atoms with E-state index in [0.717, 1.165) is 39.7 Å². The number of anilines is 2. The van der Waals surface area contributed by atoms with Crippen molar-refractivity contribution in [3.63, 3.8) is 0 Å². The number of hydrogen-bond acceptors (Lipinski definition) is 3. The molecular weight excluding hydrogens is 524 g/mol. The fourth-order valence-corrected chi connectivity index (χ4v) is 6.20. The molecular formula is C35H30N4O3. The molecule has 0 aliphatic carbocycles. The van der Waals surface area contributed by atoms with Gasteiger partial charge in [0.2, 0.25) is 0 Å². The Morgan fingerprint density at radius 2 is 1.62 bits per heavy atom. The molecule has 1 saturated heterocycles. The molecule has 2 atom stereocenters. The minimum Gasteiger partial charge on any atom is -0.356 e. The molecule has 2 aliphatic rings. The zero-order chi connectivity index (χ0) is 29.0. The number of nitrogens with one attached hydrogen (secondary N) is 2. The van der Waals surface area contributed by atoms with Gasteiger partial charge < -0.3 is 10.3 Å². The summed E-state index contributed by atoms with van der Waals surface area (Å²) in [6.07, 6.45) is 1.36. The van der Waals surface area contributed by atoms with Crippen molar-refractivity contribution in [2.24, 2.45) is 0 Å². The predicted molar refractivity (Wildman–Crippen MR) is 164 cm³/mol. The number of urea groups is 1. The van der Waals surface area contributed by atoms with Crippen LogP contribution in [-0.2, 0) is 17.6 Å². The highest BCUT2D eigenvalue weighted by molar-refractivity contribution is 6.22. The Bertz CT molecular complexity index is 1840. The second kappa shape index (κ2) is 10.0. The maximum atomic E-state index is 14.1. The lowest BCUT2D eigenvalue weighted by molar-refractivity contribution is -0.120. The van der Waals surface area contributed by atoms with Crippen LogP contribution in [0.1, 0.15) is 51.3 Å². The molecule has 0 saturated carbocycles. The predicted octanol–water partition coefficient (Wildman–Crippen LogP) is 6.77. The van der Waals surface area contributed by atoms with E-state index in [4.69, 9.17) is 0 Å². The molecule has 0 spiro atoms. The molecule has 42 heavy (non-hydrogen) atoms. The fraction of sp³-hybridized carbons (Fsp3) is 0.171. The van der Waals surface area contributed by atoms with Gasteiger partial charge in [0.25, 0.3) is 11.8 Å². The number of carbonyl (C=O) groups is 3. The van der Waals surface area contributed by atoms with E-state index in [1.807, 2.05) is 73.7 Å². The summed E-state index contributed by atoms with van der Waals surface area (Å²) in [5, 5.41) is 3.98. The number of aryl methyl sites for hydroxylation is 2. The van der Waals surface area contributed by atoms with Gasteiger partial charge in [-0.15, -0.1) is 0 Å². The van der Waals surface area contributed by atoms with E-state index in [9.17, 15) is 14.4 Å². The van der Waals surface area contributed by atoms with E-state index in [2.05, 4.69) is 23.3 Å². The maximum absolute atomic E-state index is 14.1. The lowest BCUT2D eigenvalue weighted by Gasteiger charge is -2.36. The van der Waals surface area contributed by atoms with Gasteiger partial charge in [0.05, 0.1) is 5.69 Å². The summed E-state index contributed by atoms with van der Waals surface area (Å²) in [7, 11) is 0. The molecule has 208 valence electrons. The first-order valence-corrected chi connectivity index (χ1v) is 14.3. The third-order valence-electron chi connectivity index (χ3n) is 8.45. The molecule has 0 bridgehead atoms. The smallest absolute Gasteiger partial charge is 0.332 e. The summed E-state index contributed by atoms with van der Waals surface area (Å²) in [4.78, 5) is 47.4. The van der Waals surface area contributed by atoms with Crippen molar-refractivity contribution < 1.29 is 14.4 Å². The minimum absolute atomic E-state index is 0.257. The number of imide groups is 1. The highest BCUT2D eigenvalue weighted by Crippen LogP contribution is 2.44. The van der Waals surface area contributed by atoms with Crippen LogP contribution in [0.25, 0.3) is 10.9 Å². The number of fused-ring (bicyclic) bond motifs is 4. The minimum atomic E-state index is -0.635. The molecule has 4 amide bonds. The summed E-state index contributed by atoms with van der Waals surface area (Å²) in [5.41, 5.74) is 7.86. The van der Waals surface area contributed by atoms with Crippen LogP contribution in [0.2, 0.25) is 0 Å². The van der Waals surface area contributed by atoms with E-state index >= 15 is 0 Å². The van der Waals surface area contributed by atoms with Gasteiger partial charge in [-0.25, -0.2) is 9.69 Å². The number of nitrogens with zero attached hydrogens (tertiary/aromatic N) is 2. The molecule has 2 N–H and O–H groups in total. The Balaban J connectivity index is 1.21. The van der Waals surface area contributed by atoms with Crippen molar-refractivity contribution in [1.29, 1.82) is 0 Å². The van der Waals surface area contributed by atoms with Gasteiger partial charge >= 0.3 is 6.03 Å². The van der Waals surface area contributed by atoms with Crippen LogP contribution in [0.15, 0.2) is 97.1 Å². The van der Waals surface area contributed by atoms with Crippen molar-refractivity contribution in [2.75, 3.05) is 10.2 Å². The molecule has 0 unspecified atom stereocenters. The molecule has 7 heteroatoms. The molecule has 7 rings (SSSR count). The van der Waals surface area contributed by atoms with Crippen LogP contribution in [-0.4, -0.2) is 33.8 Å². The number of amides is 4. The van der Waals surface area contributed by atoms with Crippen molar-refractivity contribution >= 4 is 40.1 Å². The van der Waals surface area contributed by atoms with Crippen LogP contribution in [0.5, 0.6) is 0 Å². The normalized spacial score (nSPS) is 17.9. The Labute approximate surface area is 243 Å². The number of carbonyl (C=O) groups excluding carboxylic acids is 3. The monoisotopic (exact) mass is 554 g/mol. The van der Waals surface area contributed by atoms with Crippen LogP contribution < -0.4 is 10.2 Å². The van der Waals surface area contributed by atoms with Crippen molar-refractivity contribution in [3.05, 3.63) is 131 Å². The summed E-state index contributed by atoms with van der Waals surface area (Å²) >= 11 is 0. The Kier molecular flexibility index (Phi) is 6.16. The number of H-pyrrole nitrogens is 1. The standard InChI is InChI=1S/C35H30N4O3/c1-3-22-10-16-25(17-11-22)36-33(40)24-14-18-26(19-15-24)38-34(41)30-20-28-27-6-4-5-7-29(27)37-31(28)32(39(30)35(38)42)23-12-8-21(2)9-13-23/h4-19,30,32,37H,3,20H2,1-2H3,(H,36,40)/t30-,32+/m0/s1. The van der Waals surface area contributed by atoms with E-state index in [-0.39, 0.29) is 17.8 Å². The van der Waals surface area contributed by atoms with Gasteiger partial charge in [-0.3, -0.25) is 14.5 Å². The average Bonchev–Trinajstić information content (AvgIpc) is 3.51. The second-order valence-corrected chi connectivity index (χ2v) is 11.0. The van der Waals surface area contributed by atoms with Crippen molar-refractivity contribution in [2.45, 2.75) is 38.8 Å². The summed E-state index contributed by atoms with van der Waals surface area (Å²) in [6.45, 7) is 4.11. The number of aromatic nitrogens is 1. The molecule has 1 fully saturated rings. The van der Waals surface area contributed by atoms with Gasteiger partial charge in [0, 0.05) is 34.3 Å². The maximum Gasteiger partial charge on any atom is 0.332 e. The second-order valence-electron chi connectivity index (χ2n) is 11.0. The SMILES string of the molecule is CCc1ccc(NC(=O)c2ccc(N3C(=O)[C@@H]4Cc5c([nH]c6ccccc56)[C@@H](c5ccc(C)cc5)N4C3=O)cc2)cc1. The number of aromatic amines is 1. The first-order valence-electron chi connectivity index (χ1n) is 14.3. The lowest BCUT2D eigenvalue weighted by atomic mass is 9.88.